The van der Waals surface area contributed by atoms with Gasteiger partial charge in [-0.15, -0.1) is 0 Å². The maximum absolute atomic E-state index is 9.49. The maximum atomic E-state index is 9.49. The molecule has 0 bridgehead atoms. The highest BCUT2D eigenvalue weighted by Gasteiger charge is 2.23. The molecule has 0 aliphatic carbocycles. The third-order valence-corrected chi connectivity index (χ3v) is 2.35. The molecular formula is C11H13NO3. The largest absolute Gasteiger partial charge is 0.508 e. The Morgan fingerprint density at radius 2 is 2.33 bits per heavy atom. The van der Waals surface area contributed by atoms with Crippen LogP contribution in [0.2, 0.25) is 0 Å². The minimum absolute atomic E-state index is 0.242. The zero-order chi connectivity index (χ0) is 10.8. The molecule has 4 nitrogen and oxygen atoms in total. The van der Waals surface area contributed by atoms with E-state index in [9.17, 15) is 5.11 Å². The number of benzene rings is 1. The lowest BCUT2D eigenvalue weighted by molar-refractivity contribution is 0.158. The van der Waals surface area contributed by atoms with Gasteiger partial charge in [0, 0.05) is 11.1 Å². The number of rotatable bonds is 2. The summed E-state index contributed by atoms with van der Waals surface area (Å²) in [5.74, 6) is 0.944. The molecular weight excluding hydrogens is 194 g/mol. The minimum atomic E-state index is 0.242. The van der Waals surface area contributed by atoms with E-state index in [1.165, 1.54) is 0 Å². The van der Waals surface area contributed by atoms with Gasteiger partial charge in [-0.2, -0.15) is 0 Å². The lowest BCUT2D eigenvalue weighted by atomic mass is 10.1. The lowest BCUT2D eigenvalue weighted by Crippen LogP contribution is -2.03. The number of ether oxygens (including phenoxy) is 1. The molecule has 0 atom stereocenters. The molecule has 0 amide bonds. The fourth-order valence-electron chi connectivity index (χ4n) is 1.53. The Morgan fingerprint density at radius 1 is 1.53 bits per heavy atom. The number of aromatic hydroxyl groups is 1. The first kappa shape index (κ1) is 9.83. The molecule has 0 unspecified atom stereocenters. The zero-order valence-electron chi connectivity index (χ0n) is 8.78. The number of nitrogens with zero attached hydrogens (tertiary/aromatic N) is 1. The Balaban J connectivity index is 2.40. The topological polar surface area (TPSA) is 51.0 Å². The quantitative estimate of drug-likeness (QED) is 0.753. The second kappa shape index (κ2) is 3.81. The summed E-state index contributed by atoms with van der Waals surface area (Å²) in [6, 6.07) is 3.44. The molecule has 2 rings (SSSR count). The summed E-state index contributed by atoms with van der Waals surface area (Å²) in [4.78, 5) is 4.99. The van der Waals surface area contributed by atoms with Crippen molar-refractivity contribution in [1.29, 1.82) is 0 Å². The van der Waals surface area contributed by atoms with E-state index in [0.29, 0.717) is 19.0 Å². The molecule has 1 aliphatic rings. The van der Waals surface area contributed by atoms with E-state index in [2.05, 4.69) is 5.16 Å². The van der Waals surface area contributed by atoms with Crippen molar-refractivity contribution < 1.29 is 14.7 Å². The Labute approximate surface area is 88.1 Å². The summed E-state index contributed by atoms with van der Waals surface area (Å²) < 4.78 is 5.45. The number of fused-ring (bicyclic) bond motifs is 1. The van der Waals surface area contributed by atoms with Crippen molar-refractivity contribution in [3.8, 4) is 11.5 Å². The molecule has 80 valence electrons. The Bertz CT molecular complexity index is 413. The van der Waals surface area contributed by atoms with Gasteiger partial charge in [0.25, 0.3) is 0 Å². The molecule has 0 fully saturated rings. The number of phenolic OH excluding ortho intramolecular Hbond substituents is 1. The van der Waals surface area contributed by atoms with E-state index in [1.807, 2.05) is 13.8 Å². The van der Waals surface area contributed by atoms with Gasteiger partial charge in [0.1, 0.15) is 30.4 Å². The Kier molecular flexibility index (Phi) is 2.49. The molecule has 0 radical (unpaired) electrons. The van der Waals surface area contributed by atoms with Crippen LogP contribution in [0.1, 0.15) is 18.1 Å². The normalized spacial score (nSPS) is 16.3. The molecule has 0 saturated carbocycles. The first-order valence-corrected chi connectivity index (χ1v) is 4.88. The Morgan fingerprint density at radius 3 is 3.07 bits per heavy atom. The number of hydrogen-bond donors (Lipinski definition) is 1. The van der Waals surface area contributed by atoms with Crippen molar-refractivity contribution in [3.63, 3.8) is 0 Å². The van der Waals surface area contributed by atoms with E-state index in [4.69, 9.17) is 9.57 Å². The second-order valence-corrected chi connectivity index (χ2v) is 3.33. The van der Waals surface area contributed by atoms with Gasteiger partial charge in [-0.3, -0.25) is 0 Å². The summed E-state index contributed by atoms with van der Waals surface area (Å²) in [7, 11) is 0. The van der Waals surface area contributed by atoms with Crippen molar-refractivity contribution in [2.75, 3.05) is 13.2 Å². The Hall–Kier alpha value is -1.71. The summed E-state index contributed by atoms with van der Waals surface area (Å²) in [6.07, 6.45) is 0. The molecule has 1 N–H and O–H groups in total. The van der Waals surface area contributed by atoms with Crippen molar-refractivity contribution in [2.24, 2.45) is 5.16 Å². The van der Waals surface area contributed by atoms with Crippen LogP contribution in [0.15, 0.2) is 17.3 Å². The predicted molar refractivity (Wildman–Crippen MR) is 56.5 cm³/mol. The fourth-order valence-corrected chi connectivity index (χ4v) is 1.53. The van der Waals surface area contributed by atoms with Gasteiger partial charge in [0.15, 0.2) is 0 Å². The molecule has 1 heterocycles. The second-order valence-electron chi connectivity index (χ2n) is 3.33. The van der Waals surface area contributed by atoms with Crippen molar-refractivity contribution in [2.45, 2.75) is 13.8 Å². The molecule has 0 spiro atoms. The molecule has 1 aromatic carbocycles. The van der Waals surface area contributed by atoms with Gasteiger partial charge < -0.3 is 14.7 Å². The summed E-state index contributed by atoms with van der Waals surface area (Å²) in [5, 5.41) is 13.5. The lowest BCUT2D eigenvalue weighted by Gasteiger charge is -2.03. The third-order valence-electron chi connectivity index (χ3n) is 2.35. The van der Waals surface area contributed by atoms with Crippen molar-refractivity contribution in [1.82, 2.24) is 0 Å². The van der Waals surface area contributed by atoms with Crippen LogP contribution in [0.3, 0.4) is 0 Å². The summed E-state index contributed by atoms with van der Waals surface area (Å²) in [6.45, 7) is 4.64. The number of phenols is 1. The molecule has 1 aromatic rings. The van der Waals surface area contributed by atoms with Crippen molar-refractivity contribution in [3.05, 3.63) is 23.3 Å². The van der Waals surface area contributed by atoms with Crippen molar-refractivity contribution >= 4 is 5.71 Å². The first-order valence-electron chi connectivity index (χ1n) is 4.88. The molecule has 15 heavy (non-hydrogen) atoms. The minimum Gasteiger partial charge on any atom is -0.508 e. The number of hydrogen-bond acceptors (Lipinski definition) is 4. The van der Waals surface area contributed by atoms with Crippen LogP contribution in [-0.4, -0.2) is 24.0 Å². The van der Waals surface area contributed by atoms with Gasteiger partial charge in [0.2, 0.25) is 0 Å². The van der Waals surface area contributed by atoms with Gasteiger partial charge in [0.05, 0.1) is 0 Å². The van der Waals surface area contributed by atoms with Gasteiger partial charge in [-0.25, -0.2) is 0 Å². The smallest absolute Gasteiger partial charge is 0.135 e. The standard InChI is InChI=1S/C11H13NO3/c1-3-15-12-9-6-14-11-7(2)10(13)5-4-8(9)11/h4-5,13H,3,6H2,1-2H3. The fraction of sp³-hybridized carbons (Fsp3) is 0.364. The maximum Gasteiger partial charge on any atom is 0.135 e. The van der Waals surface area contributed by atoms with Crippen LogP contribution in [-0.2, 0) is 4.84 Å². The zero-order valence-corrected chi connectivity index (χ0v) is 8.78. The highest BCUT2D eigenvalue weighted by molar-refractivity contribution is 6.06. The monoisotopic (exact) mass is 207 g/mol. The average Bonchev–Trinajstić information content (AvgIpc) is 2.64. The van der Waals surface area contributed by atoms with E-state index < -0.39 is 0 Å². The predicted octanol–water partition coefficient (Wildman–Crippen LogP) is 1.83. The third kappa shape index (κ3) is 1.63. The van der Waals surface area contributed by atoms with Crippen LogP contribution in [0.5, 0.6) is 11.5 Å². The van der Waals surface area contributed by atoms with Crippen LogP contribution in [0, 0.1) is 6.92 Å². The highest BCUT2D eigenvalue weighted by atomic mass is 16.6. The van der Waals surface area contributed by atoms with Gasteiger partial charge in [-0.05, 0) is 26.0 Å². The van der Waals surface area contributed by atoms with E-state index in [0.717, 1.165) is 16.8 Å². The SMILES string of the molecule is CCON=C1COc2c1ccc(O)c2C. The van der Waals surface area contributed by atoms with Gasteiger partial charge >= 0.3 is 0 Å². The summed E-state index contributed by atoms with van der Waals surface area (Å²) in [5.41, 5.74) is 2.42. The van der Waals surface area contributed by atoms with Crippen LogP contribution >= 0.6 is 0 Å². The average molecular weight is 207 g/mol. The first-order chi connectivity index (χ1) is 7.24. The molecule has 1 aliphatic heterocycles. The van der Waals surface area contributed by atoms with E-state index in [-0.39, 0.29) is 5.75 Å². The van der Waals surface area contributed by atoms with E-state index >= 15 is 0 Å². The molecule has 0 saturated heterocycles. The van der Waals surface area contributed by atoms with Gasteiger partial charge in [-0.1, -0.05) is 5.16 Å². The van der Waals surface area contributed by atoms with Crippen LogP contribution < -0.4 is 4.74 Å². The van der Waals surface area contributed by atoms with Crippen LogP contribution in [0.4, 0.5) is 0 Å². The van der Waals surface area contributed by atoms with E-state index in [1.54, 1.807) is 12.1 Å². The number of oxime groups is 1. The van der Waals surface area contributed by atoms with Crippen LogP contribution in [0.25, 0.3) is 0 Å². The highest BCUT2D eigenvalue weighted by Crippen LogP contribution is 2.34. The summed E-state index contributed by atoms with van der Waals surface area (Å²) >= 11 is 0. The molecule has 4 heteroatoms. The molecule has 0 aromatic heterocycles.